The van der Waals surface area contributed by atoms with Crippen LogP contribution in [0, 0.1) is 0 Å². The predicted octanol–water partition coefficient (Wildman–Crippen LogP) is 7.50. The van der Waals surface area contributed by atoms with Crippen LogP contribution in [-0.2, 0) is 19.1 Å². The summed E-state index contributed by atoms with van der Waals surface area (Å²) in [5.74, 6) is -3.15. The number of aromatic nitrogens is 2. The number of hydrogen-bond acceptors (Lipinski definition) is 8. The summed E-state index contributed by atoms with van der Waals surface area (Å²) in [4.78, 5) is 38.6. The van der Waals surface area contributed by atoms with Crippen molar-refractivity contribution in [2.24, 2.45) is 5.10 Å². The van der Waals surface area contributed by atoms with Crippen molar-refractivity contribution < 1.29 is 29.0 Å². The lowest BCUT2D eigenvalue weighted by molar-refractivity contribution is -0.278. The molecule has 2 heterocycles. The number of hydrazone groups is 1. The number of carbonyl (C=O) groups excluding carboxylic acids is 3. The number of nitrogens with zero attached hydrogens (tertiary/aromatic N) is 4. The number of allylic oxidation sites excluding steroid dienone is 4. The van der Waals surface area contributed by atoms with E-state index in [1.165, 1.54) is 54.6 Å². The molecule has 0 unspecified atom stereocenters. The van der Waals surface area contributed by atoms with Crippen LogP contribution < -0.4 is 10.1 Å². The van der Waals surface area contributed by atoms with Crippen LogP contribution in [0.4, 0.5) is 5.69 Å². The second kappa shape index (κ2) is 14.7. The van der Waals surface area contributed by atoms with Gasteiger partial charge in [0.15, 0.2) is 11.4 Å². The lowest BCUT2D eigenvalue weighted by atomic mass is 10.1. The molecule has 0 aliphatic carbocycles. The van der Waals surface area contributed by atoms with E-state index in [-0.39, 0.29) is 77.3 Å². The van der Waals surface area contributed by atoms with Crippen LogP contribution in [-0.4, -0.2) is 46.6 Å². The fraction of sp³-hybridized carbons (Fsp3) is 0.138. The molecular weight excluding hydrogens is 713 g/mol. The third kappa shape index (κ3) is 7.33. The third-order valence-corrected chi connectivity index (χ3v) is 7.42. The van der Waals surface area contributed by atoms with Crippen molar-refractivity contribution in [1.29, 1.82) is 0 Å². The largest absolute Gasteiger partial charge is 0.858 e. The lowest BCUT2D eigenvalue weighted by Crippen LogP contribution is -2.23. The molecule has 1 aliphatic rings. The van der Waals surface area contributed by atoms with E-state index >= 15 is 0 Å². The van der Waals surface area contributed by atoms with Gasteiger partial charge in [0.25, 0.3) is 5.91 Å². The normalized spacial score (nSPS) is 14.2. The molecule has 1 aromatic heterocycles. The smallest absolute Gasteiger partial charge is 0.359 e. The molecule has 2 aromatic carbocycles. The molecule has 0 fully saturated rings. The van der Waals surface area contributed by atoms with Crippen LogP contribution in [0.5, 0.6) is 5.88 Å². The maximum atomic E-state index is 13.3. The van der Waals surface area contributed by atoms with Gasteiger partial charge >= 0.3 is 11.9 Å². The SMILES string of the molecule is CCOC(=O)C1=NN(c2c(Cl)cc(Cl)cc2Cl)C(=O)/C1=C\C=CC=Cc1c(C(=O)OCC)nn(-c2c(Cl)cc(Cl)cc2Cl)c1[O-]. The van der Waals surface area contributed by atoms with E-state index in [2.05, 4.69) is 10.2 Å². The Kier molecular flexibility index (Phi) is 11.2. The Morgan fingerprint density at radius 2 is 1.36 bits per heavy atom. The van der Waals surface area contributed by atoms with Gasteiger partial charge in [0.2, 0.25) is 0 Å². The Balaban J connectivity index is 1.70. The molecule has 234 valence electrons. The fourth-order valence-corrected chi connectivity index (χ4v) is 5.93. The summed E-state index contributed by atoms with van der Waals surface area (Å²) in [5.41, 5.74) is -0.791. The molecule has 4 rings (SSSR count). The Morgan fingerprint density at radius 3 is 1.91 bits per heavy atom. The van der Waals surface area contributed by atoms with E-state index in [1.807, 2.05) is 0 Å². The van der Waals surface area contributed by atoms with Crippen LogP contribution in [0.25, 0.3) is 11.8 Å². The predicted molar refractivity (Wildman–Crippen MR) is 173 cm³/mol. The van der Waals surface area contributed by atoms with E-state index in [0.29, 0.717) is 0 Å². The van der Waals surface area contributed by atoms with Crippen LogP contribution in [0.1, 0.15) is 29.9 Å². The maximum absolute atomic E-state index is 13.3. The van der Waals surface area contributed by atoms with E-state index in [1.54, 1.807) is 13.8 Å². The second-order valence-electron chi connectivity index (χ2n) is 8.75. The van der Waals surface area contributed by atoms with Gasteiger partial charge in [-0.1, -0.05) is 93.9 Å². The molecule has 0 saturated carbocycles. The number of hydrogen-bond donors (Lipinski definition) is 0. The first-order chi connectivity index (χ1) is 21.4. The number of halogens is 6. The van der Waals surface area contributed by atoms with Gasteiger partial charge in [-0.25, -0.2) is 14.3 Å². The Morgan fingerprint density at radius 1 is 0.822 bits per heavy atom. The highest BCUT2D eigenvalue weighted by Crippen LogP contribution is 2.39. The second-order valence-corrected chi connectivity index (χ2v) is 11.2. The standard InChI is InChI=1S/C29H20Cl6N4O6/c1-3-44-28(42)22-16(26(40)38(36-22)24-18(32)10-14(30)11-19(24)33)8-6-5-7-9-17-23(29(43)45-4-2)37-39(27(17)41)25-20(34)12-15(31)13-21(25)35/h5-13,40H,3-4H2,1-2H3/p-1/b7-5?,8-6?,17-9-. The van der Waals surface area contributed by atoms with Gasteiger partial charge in [0.05, 0.1) is 38.9 Å². The molecule has 0 atom stereocenters. The highest BCUT2D eigenvalue weighted by Gasteiger charge is 2.37. The van der Waals surface area contributed by atoms with E-state index in [0.717, 1.165) is 9.69 Å². The van der Waals surface area contributed by atoms with Gasteiger partial charge in [-0.3, -0.25) is 4.79 Å². The fourth-order valence-electron chi connectivity index (χ4n) is 3.97. The molecule has 0 N–H and O–H groups in total. The first-order valence-electron chi connectivity index (χ1n) is 12.8. The summed E-state index contributed by atoms with van der Waals surface area (Å²) < 4.78 is 11.0. The summed E-state index contributed by atoms with van der Waals surface area (Å²) in [6, 6.07) is 5.48. The molecule has 0 spiro atoms. The highest BCUT2D eigenvalue weighted by atomic mass is 35.5. The molecule has 10 nitrogen and oxygen atoms in total. The monoisotopic (exact) mass is 729 g/mol. The zero-order valence-electron chi connectivity index (χ0n) is 23.1. The van der Waals surface area contributed by atoms with Crippen LogP contribution in [0.3, 0.4) is 0 Å². The number of ether oxygens (including phenoxy) is 2. The van der Waals surface area contributed by atoms with Crippen molar-refractivity contribution in [3.63, 3.8) is 0 Å². The first kappa shape index (κ1) is 34.4. The Bertz CT molecular complexity index is 1790. The van der Waals surface area contributed by atoms with Crippen molar-refractivity contribution >= 4 is 105 Å². The molecule has 1 amide bonds. The zero-order chi connectivity index (χ0) is 33.0. The van der Waals surface area contributed by atoms with Crippen LogP contribution in [0.15, 0.2) is 59.2 Å². The zero-order valence-corrected chi connectivity index (χ0v) is 27.7. The van der Waals surface area contributed by atoms with Gasteiger partial charge in [0, 0.05) is 15.6 Å². The minimum atomic E-state index is -0.855. The quantitative estimate of drug-likeness (QED) is 0.127. The molecule has 0 saturated heterocycles. The van der Waals surface area contributed by atoms with Gasteiger partial charge < -0.3 is 14.6 Å². The van der Waals surface area contributed by atoms with Crippen LogP contribution >= 0.6 is 69.6 Å². The van der Waals surface area contributed by atoms with E-state index in [4.69, 9.17) is 79.1 Å². The summed E-state index contributed by atoms with van der Waals surface area (Å²) in [5, 5.41) is 23.0. The first-order valence-corrected chi connectivity index (χ1v) is 15.1. The number of carbonyl (C=O) groups is 3. The summed E-state index contributed by atoms with van der Waals surface area (Å²) in [7, 11) is 0. The molecule has 1 aliphatic heterocycles. The van der Waals surface area contributed by atoms with Crippen molar-refractivity contribution in [3.05, 3.63) is 95.5 Å². The Labute approximate surface area is 286 Å². The van der Waals surface area contributed by atoms with E-state index < -0.39 is 23.7 Å². The molecule has 16 heteroatoms. The van der Waals surface area contributed by atoms with Crippen molar-refractivity contribution in [2.45, 2.75) is 13.8 Å². The van der Waals surface area contributed by atoms with Crippen LogP contribution in [0.2, 0.25) is 30.1 Å². The van der Waals surface area contributed by atoms with Crippen molar-refractivity contribution in [1.82, 2.24) is 9.78 Å². The molecular formula is C29H19Cl6N4O6-. The average molecular weight is 732 g/mol. The van der Waals surface area contributed by atoms with Crippen molar-refractivity contribution in [3.8, 4) is 11.6 Å². The lowest BCUT2D eigenvalue weighted by Gasteiger charge is -2.15. The molecule has 3 aromatic rings. The van der Waals surface area contributed by atoms with Gasteiger partial charge in [-0.05, 0) is 50.1 Å². The number of rotatable bonds is 9. The summed E-state index contributed by atoms with van der Waals surface area (Å²) >= 11 is 37.1. The van der Waals surface area contributed by atoms with Crippen molar-refractivity contribution in [2.75, 3.05) is 18.2 Å². The van der Waals surface area contributed by atoms with Gasteiger partial charge in [-0.15, -0.1) is 0 Å². The molecule has 45 heavy (non-hydrogen) atoms. The molecule has 0 bridgehead atoms. The van der Waals surface area contributed by atoms with E-state index in [9.17, 15) is 19.5 Å². The summed E-state index contributed by atoms with van der Waals surface area (Å²) in [6.07, 6.45) is 6.85. The number of amides is 1. The number of benzene rings is 2. The topological polar surface area (TPSA) is 126 Å². The third-order valence-electron chi connectivity index (χ3n) is 5.83. The molecule has 0 radical (unpaired) electrons. The average Bonchev–Trinajstić information content (AvgIpc) is 3.44. The number of esters is 2. The highest BCUT2D eigenvalue weighted by molar-refractivity contribution is 6.54. The minimum Gasteiger partial charge on any atom is -0.858 e. The maximum Gasteiger partial charge on any atom is 0.359 e. The van der Waals surface area contributed by atoms with Gasteiger partial charge in [-0.2, -0.15) is 15.2 Å². The van der Waals surface area contributed by atoms with Gasteiger partial charge in [0.1, 0.15) is 11.4 Å². The number of anilines is 1. The summed E-state index contributed by atoms with van der Waals surface area (Å²) in [6.45, 7) is 3.25. The Hall–Kier alpha value is -3.51. The minimum absolute atomic E-state index is 0.0224.